The highest BCUT2D eigenvalue weighted by molar-refractivity contribution is 5.95. The Morgan fingerprint density at radius 1 is 1.26 bits per heavy atom. The van der Waals surface area contributed by atoms with Gasteiger partial charge in [-0.2, -0.15) is 0 Å². The molecule has 0 N–H and O–H groups in total. The van der Waals surface area contributed by atoms with Crippen LogP contribution in [0.15, 0.2) is 18.3 Å². The second-order valence-electron chi connectivity index (χ2n) is 7.79. The van der Waals surface area contributed by atoms with Gasteiger partial charge in [-0.3, -0.25) is 9.59 Å². The van der Waals surface area contributed by atoms with Crippen LogP contribution in [0.2, 0.25) is 0 Å². The van der Waals surface area contributed by atoms with Crippen LogP contribution in [-0.4, -0.2) is 72.6 Å². The molecule has 2 amide bonds. The molecule has 1 aromatic heterocycles. The molecule has 0 bridgehead atoms. The van der Waals surface area contributed by atoms with Crippen molar-refractivity contribution in [3.8, 4) is 5.88 Å². The number of methoxy groups -OCH3 is 1. The first-order valence-corrected chi connectivity index (χ1v) is 9.81. The Morgan fingerprint density at radius 3 is 2.78 bits per heavy atom. The maximum Gasteiger partial charge on any atom is 0.255 e. The van der Waals surface area contributed by atoms with E-state index in [2.05, 4.69) is 9.88 Å². The molecule has 3 aliphatic rings. The minimum Gasteiger partial charge on any atom is -0.481 e. The fourth-order valence-corrected chi connectivity index (χ4v) is 4.68. The highest BCUT2D eigenvalue weighted by atomic mass is 16.5. The van der Waals surface area contributed by atoms with Crippen LogP contribution in [0.1, 0.15) is 42.5 Å². The lowest BCUT2D eigenvalue weighted by Crippen LogP contribution is -2.55. The van der Waals surface area contributed by atoms with E-state index in [9.17, 15) is 9.59 Å². The summed E-state index contributed by atoms with van der Waals surface area (Å²) >= 11 is 0. The number of aromatic nitrogens is 1. The first-order chi connectivity index (χ1) is 13.1. The number of ether oxygens (including phenoxy) is 2. The van der Waals surface area contributed by atoms with Crippen LogP contribution >= 0.6 is 0 Å². The largest absolute Gasteiger partial charge is 0.481 e. The summed E-state index contributed by atoms with van der Waals surface area (Å²) < 4.78 is 10.5. The molecule has 0 aromatic carbocycles. The van der Waals surface area contributed by atoms with Crippen molar-refractivity contribution in [1.82, 2.24) is 14.8 Å². The summed E-state index contributed by atoms with van der Waals surface area (Å²) in [6.07, 6.45) is 6.01. The number of piperidine rings is 1. The molecule has 1 atom stereocenters. The van der Waals surface area contributed by atoms with E-state index < -0.39 is 5.41 Å². The van der Waals surface area contributed by atoms with Gasteiger partial charge in [-0.15, -0.1) is 0 Å². The summed E-state index contributed by atoms with van der Waals surface area (Å²) in [5.74, 6) is 0.667. The summed E-state index contributed by atoms with van der Waals surface area (Å²) in [7, 11) is 1.55. The van der Waals surface area contributed by atoms with Crippen molar-refractivity contribution in [2.45, 2.75) is 38.1 Å². The van der Waals surface area contributed by atoms with Crippen LogP contribution in [0.5, 0.6) is 5.88 Å². The van der Waals surface area contributed by atoms with Gasteiger partial charge in [-0.1, -0.05) is 0 Å². The topological polar surface area (TPSA) is 72.0 Å². The molecule has 27 heavy (non-hydrogen) atoms. The van der Waals surface area contributed by atoms with Crippen molar-refractivity contribution in [3.63, 3.8) is 0 Å². The average molecular weight is 373 g/mol. The van der Waals surface area contributed by atoms with Gasteiger partial charge in [0.15, 0.2) is 0 Å². The number of likely N-dealkylation sites (tertiary alicyclic amines) is 2. The summed E-state index contributed by atoms with van der Waals surface area (Å²) in [5, 5.41) is 0. The van der Waals surface area contributed by atoms with Gasteiger partial charge < -0.3 is 19.3 Å². The number of carbonyl (C=O) groups is 2. The normalized spacial score (nSPS) is 26.6. The minimum absolute atomic E-state index is 0.0574. The molecule has 4 rings (SSSR count). The van der Waals surface area contributed by atoms with Crippen molar-refractivity contribution in [1.29, 1.82) is 0 Å². The molecule has 3 saturated heterocycles. The molecule has 146 valence electrons. The summed E-state index contributed by atoms with van der Waals surface area (Å²) in [6.45, 7) is 3.43. The van der Waals surface area contributed by atoms with Crippen LogP contribution in [0.4, 0.5) is 0 Å². The Labute approximate surface area is 159 Å². The van der Waals surface area contributed by atoms with E-state index in [0.29, 0.717) is 30.6 Å². The van der Waals surface area contributed by atoms with E-state index in [-0.39, 0.29) is 11.8 Å². The quantitative estimate of drug-likeness (QED) is 0.807. The van der Waals surface area contributed by atoms with Crippen LogP contribution < -0.4 is 4.74 Å². The van der Waals surface area contributed by atoms with Crippen LogP contribution in [0.3, 0.4) is 0 Å². The summed E-state index contributed by atoms with van der Waals surface area (Å²) in [6, 6.07) is 3.72. The molecule has 0 aliphatic carbocycles. The molecule has 1 spiro atoms. The predicted octanol–water partition coefficient (Wildman–Crippen LogP) is 1.72. The molecule has 0 radical (unpaired) electrons. The Balaban J connectivity index is 1.46. The van der Waals surface area contributed by atoms with Gasteiger partial charge in [0.25, 0.3) is 5.91 Å². The van der Waals surface area contributed by atoms with E-state index in [0.717, 1.165) is 51.9 Å². The molecular formula is C20H27N3O4. The van der Waals surface area contributed by atoms with Crippen molar-refractivity contribution in [2.24, 2.45) is 5.41 Å². The molecule has 3 aliphatic heterocycles. The number of amides is 2. The van der Waals surface area contributed by atoms with Gasteiger partial charge in [0.05, 0.1) is 18.1 Å². The second kappa shape index (κ2) is 7.46. The zero-order valence-corrected chi connectivity index (χ0v) is 15.9. The average Bonchev–Trinajstić information content (AvgIpc) is 3.15. The number of rotatable bonds is 3. The number of nitrogens with zero attached hydrogens (tertiary/aromatic N) is 3. The standard InChI is InChI=1S/C20H27N3O4/c1-26-17-4-3-15(13-21-17)18(24)22-10-8-20(14-22)7-2-9-23(19(20)25)16-5-11-27-12-6-16/h3-4,13,16H,2,5-12,14H2,1H3/t20-/m0/s1. The van der Waals surface area contributed by atoms with Gasteiger partial charge in [0, 0.05) is 51.2 Å². The number of hydrogen-bond donors (Lipinski definition) is 0. The fourth-order valence-electron chi connectivity index (χ4n) is 4.68. The summed E-state index contributed by atoms with van der Waals surface area (Å²) in [4.78, 5) is 34.2. The lowest BCUT2D eigenvalue weighted by Gasteiger charge is -2.44. The van der Waals surface area contributed by atoms with Gasteiger partial charge in [0.2, 0.25) is 11.8 Å². The molecule has 0 unspecified atom stereocenters. The molecule has 7 heteroatoms. The summed E-state index contributed by atoms with van der Waals surface area (Å²) in [5.41, 5.74) is 0.129. The van der Waals surface area contributed by atoms with Gasteiger partial charge in [-0.05, 0) is 38.2 Å². The van der Waals surface area contributed by atoms with Gasteiger partial charge in [-0.25, -0.2) is 4.98 Å². The molecular weight excluding hydrogens is 346 g/mol. The number of pyridine rings is 1. The number of hydrogen-bond acceptors (Lipinski definition) is 5. The van der Waals surface area contributed by atoms with Gasteiger partial charge >= 0.3 is 0 Å². The molecule has 7 nitrogen and oxygen atoms in total. The third kappa shape index (κ3) is 3.40. The van der Waals surface area contributed by atoms with Crippen molar-refractivity contribution in [2.75, 3.05) is 40.0 Å². The SMILES string of the molecule is COc1ccc(C(=O)N2CC[C@@]3(CCCN(C4CCOCC4)C3=O)C2)cn1. The zero-order valence-electron chi connectivity index (χ0n) is 15.9. The van der Waals surface area contributed by atoms with Crippen LogP contribution in [0.25, 0.3) is 0 Å². The third-order valence-electron chi connectivity index (χ3n) is 6.23. The first kappa shape index (κ1) is 18.2. The van der Waals surface area contributed by atoms with E-state index in [4.69, 9.17) is 9.47 Å². The maximum absolute atomic E-state index is 13.4. The lowest BCUT2D eigenvalue weighted by molar-refractivity contribution is -0.150. The van der Waals surface area contributed by atoms with E-state index >= 15 is 0 Å². The minimum atomic E-state index is -0.411. The number of carbonyl (C=O) groups excluding carboxylic acids is 2. The molecule has 3 fully saturated rings. The van der Waals surface area contributed by atoms with Crippen molar-refractivity contribution in [3.05, 3.63) is 23.9 Å². The Kier molecular flexibility index (Phi) is 5.04. The Hall–Kier alpha value is -2.15. The monoisotopic (exact) mass is 373 g/mol. The van der Waals surface area contributed by atoms with E-state index in [1.54, 1.807) is 25.4 Å². The highest BCUT2D eigenvalue weighted by Crippen LogP contribution is 2.41. The smallest absolute Gasteiger partial charge is 0.255 e. The van der Waals surface area contributed by atoms with E-state index in [1.165, 1.54) is 0 Å². The van der Waals surface area contributed by atoms with Crippen LogP contribution in [0, 0.1) is 5.41 Å². The van der Waals surface area contributed by atoms with Crippen molar-refractivity contribution < 1.29 is 19.1 Å². The Morgan fingerprint density at radius 2 is 2.07 bits per heavy atom. The fraction of sp³-hybridized carbons (Fsp3) is 0.650. The van der Waals surface area contributed by atoms with E-state index in [1.807, 2.05) is 4.90 Å². The first-order valence-electron chi connectivity index (χ1n) is 9.81. The molecule has 1 aromatic rings. The van der Waals surface area contributed by atoms with Gasteiger partial charge in [0.1, 0.15) is 0 Å². The second-order valence-corrected chi connectivity index (χ2v) is 7.79. The highest BCUT2D eigenvalue weighted by Gasteiger charge is 2.50. The van der Waals surface area contributed by atoms with Crippen molar-refractivity contribution >= 4 is 11.8 Å². The maximum atomic E-state index is 13.4. The molecule has 4 heterocycles. The van der Waals surface area contributed by atoms with Crippen LogP contribution in [-0.2, 0) is 9.53 Å². The predicted molar refractivity (Wildman–Crippen MR) is 98.5 cm³/mol. The zero-order chi connectivity index (χ0) is 18.9. The lowest BCUT2D eigenvalue weighted by atomic mass is 9.77. The Bertz CT molecular complexity index is 702. The molecule has 0 saturated carbocycles. The third-order valence-corrected chi connectivity index (χ3v) is 6.23.